The summed E-state index contributed by atoms with van der Waals surface area (Å²) >= 11 is 0. The normalized spacial score (nSPS) is 15.5. The molecule has 0 aromatic carbocycles. The van der Waals surface area contributed by atoms with Crippen molar-refractivity contribution in [3.63, 3.8) is 0 Å². The number of hydrogen-bond acceptors (Lipinski definition) is 0. The second-order valence-electron chi connectivity index (χ2n) is 6.10. The van der Waals surface area contributed by atoms with Gasteiger partial charge in [-0.1, -0.05) is 64.8 Å². The van der Waals surface area contributed by atoms with E-state index in [1.807, 2.05) is 0 Å². The smallest absolute Gasteiger partial charge is 0.0231 e. The van der Waals surface area contributed by atoms with E-state index in [1.165, 1.54) is 31.3 Å². The van der Waals surface area contributed by atoms with E-state index in [4.69, 9.17) is 0 Å². The lowest BCUT2D eigenvalue weighted by molar-refractivity contribution is 0.282. The molecule has 0 amide bonds. The van der Waals surface area contributed by atoms with E-state index in [-0.39, 0.29) is 0 Å². The van der Waals surface area contributed by atoms with Gasteiger partial charge in [-0.15, -0.1) is 0 Å². The van der Waals surface area contributed by atoms with Crippen molar-refractivity contribution >= 4 is 0 Å². The summed E-state index contributed by atoms with van der Waals surface area (Å²) in [6, 6.07) is 0. The number of hydrogen-bond donors (Lipinski definition) is 0. The maximum atomic E-state index is 2.40. The third-order valence-corrected chi connectivity index (χ3v) is 3.69. The Labute approximate surface area is 109 Å². The number of allylic oxidation sites excluding steroid dienone is 4. The first kappa shape index (κ1) is 16.5. The maximum Gasteiger partial charge on any atom is -0.0231 e. The molecule has 0 fully saturated rings. The molecule has 17 heavy (non-hydrogen) atoms. The van der Waals surface area contributed by atoms with Crippen molar-refractivity contribution in [2.24, 2.45) is 11.3 Å². The molecule has 0 heterocycles. The van der Waals surface area contributed by atoms with Crippen LogP contribution in [0.25, 0.3) is 0 Å². The highest BCUT2D eigenvalue weighted by Crippen LogP contribution is 2.31. The van der Waals surface area contributed by atoms with Crippen LogP contribution in [0.15, 0.2) is 23.8 Å². The summed E-state index contributed by atoms with van der Waals surface area (Å²) in [6.07, 6.45) is 13.1. The van der Waals surface area contributed by atoms with Crippen molar-refractivity contribution in [1.29, 1.82) is 0 Å². The van der Waals surface area contributed by atoms with Crippen LogP contribution < -0.4 is 0 Å². The highest BCUT2D eigenvalue weighted by molar-refractivity contribution is 5.12. The van der Waals surface area contributed by atoms with Gasteiger partial charge < -0.3 is 0 Å². The molecule has 0 heteroatoms. The molecule has 0 bridgehead atoms. The molecule has 0 aliphatic rings. The quantitative estimate of drug-likeness (QED) is 0.444. The minimum atomic E-state index is 0.516. The van der Waals surface area contributed by atoms with Crippen molar-refractivity contribution in [2.45, 2.75) is 73.6 Å². The maximum absolute atomic E-state index is 2.40. The topological polar surface area (TPSA) is 0 Å². The summed E-state index contributed by atoms with van der Waals surface area (Å²) in [5.41, 5.74) is 2.03. The Kier molecular flexibility index (Phi) is 8.29. The predicted molar refractivity (Wildman–Crippen MR) is 80.3 cm³/mol. The summed E-state index contributed by atoms with van der Waals surface area (Å²) in [5.74, 6) is 0.715. The largest absolute Gasteiger partial charge is 0.0848 e. The first-order chi connectivity index (χ1) is 7.93. The Morgan fingerprint density at radius 2 is 1.82 bits per heavy atom. The van der Waals surface area contributed by atoms with Gasteiger partial charge in [0, 0.05) is 0 Å². The highest BCUT2D eigenvalue weighted by Gasteiger charge is 2.17. The molecule has 0 aliphatic heterocycles. The van der Waals surface area contributed by atoms with Crippen LogP contribution in [0.5, 0.6) is 0 Å². The molecule has 1 atom stereocenters. The average Bonchev–Trinajstić information content (AvgIpc) is 2.26. The molecule has 0 aliphatic carbocycles. The summed E-state index contributed by atoms with van der Waals surface area (Å²) in [4.78, 5) is 0. The lowest BCUT2D eigenvalue weighted by Gasteiger charge is -2.26. The fraction of sp³-hybridized carbons (Fsp3) is 0.765. The van der Waals surface area contributed by atoms with Crippen LogP contribution in [0.3, 0.4) is 0 Å². The Balaban J connectivity index is 4.12. The van der Waals surface area contributed by atoms with Crippen molar-refractivity contribution in [1.82, 2.24) is 0 Å². The van der Waals surface area contributed by atoms with Gasteiger partial charge in [-0.2, -0.15) is 0 Å². The zero-order valence-electron chi connectivity index (χ0n) is 12.8. The third-order valence-electron chi connectivity index (χ3n) is 3.69. The molecule has 0 nitrogen and oxygen atoms in total. The fourth-order valence-electron chi connectivity index (χ4n) is 2.16. The van der Waals surface area contributed by atoms with Gasteiger partial charge >= 0.3 is 0 Å². The molecule has 100 valence electrons. The molecule has 0 spiro atoms. The third kappa shape index (κ3) is 8.24. The summed E-state index contributed by atoms with van der Waals surface area (Å²) in [6.45, 7) is 13.9. The molecular weight excluding hydrogens is 204 g/mol. The lowest BCUT2D eigenvalue weighted by Crippen LogP contribution is -2.12. The van der Waals surface area contributed by atoms with Crippen LogP contribution in [0, 0.1) is 11.3 Å². The van der Waals surface area contributed by atoms with Crippen molar-refractivity contribution in [3.05, 3.63) is 23.8 Å². The van der Waals surface area contributed by atoms with E-state index in [0.29, 0.717) is 11.3 Å². The molecule has 0 aromatic rings. The van der Waals surface area contributed by atoms with Crippen molar-refractivity contribution in [2.75, 3.05) is 0 Å². The van der Waals surface area contributed by atoms with Crippen LogP contribution >= 0.6 is 0 Å². The summed E-state index contributed by atoms with van der Waals surface area (Å²) in [5, 5.41) is 0. The Hall–Kier alpha value is -0.520. The van der Waals surface area contributed by atoms with Crippen LogP contribution in [0.4, 0.5) is 0 Å². The molecule has 1 unspecified atom stereocenters. The van der Waals surface area contributed by atoms with Crippen LogP contribution in [-0.2, 0) is 0 Å². The predicted octanol–water partition coefficient (Wildman–Crippen LogP) is 6.14. The Morgan fingerprint density at radius 3 is 2.35 bits per heavy atom. The molecule has 0 aromatic heterocycles. The Morgan fingerprint density at radius 1 is 1.18 bits per heavy atom. The minimum absolute atomic E-state index is 0.516. The van der Waals surface area contributed by atoms with Gasteiger partial charge in [0.05, 0.1) is 0 Å². The zero-order chi connectivity index (χ0) is 13.3. The van der Waals surface area contributed by atoms with Gasteiger partial charge in [0.2, 0.25) is 0 Å². The van der Waals surface area contributed by atoms with Gasteiger partial charge in [-0.3, -0.25) is 0 Å². The van der Waals surface area contributed by atoms with Gasteiger partial charge in [0.25, 0.3) is 0 Å². The average molecular weight is 236 g/mol. The number of rotatable bonds is 8. The Bertz CT molecular complexity index is 243. The second-order valence-corrected chi connectivity index (χ2v) is 6.10. The molecular formula is C17H32. The fourth-order valence-corrected chi connectivity index (χ4v) is 2.16. The van der Waals surface area contributed by atoms with E-state index < -0.39 is 0 Å². The van der Waals surface area contributed by atoms with Crippen LogP contribution in [0.1, 0.15) is 73.6 Å². The van der Waals surface area contributed by atoms with Crippen molar-refractivity contribution < 1.29 is 0 Å². The lowest BCUT2D eigenvalue weighted by atomic mass is 9.80. The van der Waals surface area contributed by atoms with Gasteiger partial charge in [0.15, 0.2) is 0 Å². The molecule has 0 saturated heterocycles. The molecule has 0 radical (unpaired) electrons. The van der Waals surface area contributed by atoms with Crippen molar-refractivity contribution in [3.8, 4) is 0 Å². The van der Waals surface area contributed by atoms with E-state index in [0.717, 1.165) is 6.42 Å². The molecule has 0 saturated carbocycles. The van der Waals surface area contributed by atoms with E-state index in [1.54, 1.807) is 0 Å². The standard InChI is InChI=1S/C17H32/c1-7-9-10-11-15(3)16(4)12-14-17(5,6)13-8-2/h9-11,16H,7-8,12-14H2,1-6H3/b10-9-,15-11+. The first-order valence-corrected chi connectivity index (χ1v) is 7.26. The highest BCUT2D eigenvalue weighted by atomic mass is 14.2. The monoisotopic (exact) mass is 236 g/mol. The van der Waals surface area contributed by atoms with E-state index >= 15 is 0 Å². The van der Waals surface area contributed by atoms with Gasteiger partial charge in [0.1, 0.15) is 0 Å². The SMILES string of the molecule is CC/C=C\C=C(/C)C(C)CCC(C)(C)CCC. The van der Waals surface area contributed by atoms with E-state index in [9.17, 15) is 0 Å². The van der Waals surface area contributed by atoms with Crippen LogP contribution in [0.2, 0.25) is 0 Å². The minimum Gasteiger partial charge on any atom is -0.0848 e. The van der Waals surface area contributed by atoms with Gasteiger partial charge in [-0.25, -0.2) is 0 Å². The van der Waals surface area contributed by atoms with Gasteiger partial charge in [-0.05, 0) is 43.9 Å². The molecule has 0 N–H and O–H groups in total. The van der Waals surface area contributed by atoms with Crippen LogP contribution in [-0.4, -0.2) is 0 Å². The molecule has 0 rings (SSSR count). The summed E-state index contributed by atoms with van der Waals surface area (Å²) < 4.78 is 0. The second kappa shape index (κ2) is 8.55. The first-order valence-electron chi connectivity index (χ1n) is 7.26. The van der Waals surface area contributed by atoms with E-state index in [2.05, 4.69) is 59.8 Å². The summed E-state index contributed by atoms with van der Waals surface area (Å²) in [7, 11) is 0. The zero-order valence-corrected chi connectivity index (χ0v) is 12.8.